The molecule has 3 rings (SSSR count). The van der Waals surface area contributed by atoms with Gasteiger partial charge in [-0.15, -0.1) is 0 Å². The number of carbonyl (C=O) groups is 1. The lowest BCUT2D eigenvalue weighted by Gasteiger charge is -2.17. The number of primary amides is 1. The zero-order valence-electron chi connectivity index (χ0n) is 11.0. The molecule has 0 saturated carbocycles. The average molecular weight is 288 g/mol. The number of rotatable bonds is 4. The number of carbonyl (C=O) groups excluding carboxylic acids is 1. The Morgan fingerprint density at radius 2 is 1.86 bits per heavy atom. The fourth-order valence-electron chi connectivity index (χ4n) is 2.13. The summed E-state index contributed by atoms with van der Waals surface area (Å²) in [5, 5.41) is 3.01. The molecule has 0 saturated heterocycles. The third-order valence-corrected chi connectivity index (χ3v) is 3.17. The number of nitrogens with one attached hydrogen (secondary N) is 1. The number of fused-ring (bicyclic) bond motifs is 1. The molecular weight excluding hydrogens is 275 g/mol. The summed E-state index contributed by atoms with van der Waals surface area (Å²) in [6.45, 7) is 0.177. The number of anilines is 1. The Hall–Kier alpha value is -2.76. The van der Waals surface area contributed by atoms with Crippen LogP contribution >= 0.6 is 0 Å². The summed E-state index contributed by atoms with van der Waals surface area (Å²) in [5.74, 6) is 0.324. The highest BCUT2D eigenvalue weighted by molar-refractivity contribution is 5.84. The summed E-state index contributed by atoms with van der Waals surface area (Å²) < 4.78 is 23.5. The highest BCUT2D eigenvalue weighted by atomic mass is 19.1. The number of amides is 1. The monoisotopic (exact) mass is 288 g/mol. The van der Waals surface area contributed by atoms with Gasteiger partial charge in [-0.3, -0.25) is 4.79 Å². The molecule has 0 spiro atoms. The number of benzene rings is 2. The van der Waals surface area contributed by atoms with Gasteiger partial charge in [0, 0.05) is 11.8 Å². The minimum atomic E-state index is -0.758. The molecule has 0 aliphatic carbocycles. The lowest BCUT2D eigenvalue weighted by molar-refractivity contribution is -0.118. The molecule has 5 nitrogen and oxygen atoms in total. The van der Waals surface area contributed by atoms with Crippen LogP contribution in [0, 0.1) is 5.82 Å². The van der Waals surface area contributed by atoms with Gasteiger partial charge < -0.3 is 20.5 Å². The van der Waals surface area contributed by atoms with E-state index in [1.807, 2.05) is 0 Å². The molecule has 2 aromatic carbocycles. The Labute approximate surface area is 120 Å². The lowest BCUT2D eigenvalue weighted by Crippen LogP contribution is -2.27. The van der Waals surface area contributed by atoms with Crippen LogP contribution in [0.15, 0.2) is 42.5 Å². The fourth-order valence-corrected chi connectivity index (χ4v) is 2.13. The number of ether oxygens (including phenoxy) is 2. The van der Waals surface area contributed by atoms with Gasteiger partial charge in [-0.05, 0) is 29.8 Å². The first kappa shape index (κ1) is 13.2. The van der Waals surface area contributed by atoms with Gasteiger partial charge in [-0.1, -0.05) is 12.1 Å². The summed E-state index contributed by atoms with van der Waals surface area (Å²) in [6, 6.07) is 10.1. The second-order valence-electron chi connectivity index (χ2n) is 4.60. The van der Waals surface area contributed by atoms with Crippen LogP contribution in [-0.2, 0) is 4.79 Å². The van der Waals surface area contributed by atoms with E-state index in [9.17, 15) is 9.18 Å². The summed E-state index contributed by atoms with van der Waals surface area (Å²) in [4.78, 5) is 11.6. The molecule has 0 fully saturated rings. The number of hydrogen-bond acceptors (Lipinski definition) is 4. The lowest BCUT2D eigenvalue weighted by atomic mass is 10.1. The molecule has 108 valence electrons. The number of nitrogens with two attached hydrogens (primary N) is 1. The Kier molecular flexibility index (Phi) is 3.35. The average Bonchev–Trinajstić information content (AvgIpc) is 2.93. The van der Waals surface area contributed by atoms with E-state index in [1.165, 1.54) is 24.3 Å². The van der Waals surface area contributed by atoms with E-state index in [2.05, 4.69) is 5.32 Å². The first-order chi connectivity index (χ1) is 10.1. The number of halogens is 1. The molecule has 0 radical (unpaired) electrons. The maximum absolute atomic E-state index is 13.0. The fraction of sp³-hybridized carbons (Fsp3) is 0.133. The van der Waals surface area contributed by atoms with Crippen molar-refractivity contribution in [1.82, 2.24) is 0 Å². The van der Waals surface area contributed by atoms with Crippen molar-refractivity contribution in [2.75, 3.05) is 12.1 Å². The predicted octanol–water partition coefficient (Wildman–Crippen LogP) is 2.19. The van der Waals surface area contributed by atoms with Gasteiger partial charge in [-0.25, -0.2) is 4.39 Å². The van der Waals surface area contributed by atoms with Crippen molar-refractivity contribution >= 4 is 11.6 Å². The molecule has 0 bridgehead atoms. The zero-order valence-corrected chi connectivity index (χ0v) is 11.0. The largest absolute Gasteiger partial charge is 0.454 e. The van der Waals surface area contributed by atoms with Crippen LogP contribution in [0.2, 0.25) is 0 Å². The zero-order chi connectivity index (χ0) is 14.8. The normalized spacial score (nSPS) is 13.8. The third-order valence-electron chi connectivity index (χ3n) is 3.17. The van der Waals surface area contributed by atoms with Crippen LogP contribution < -0.4 is 20.5 Å². The molecule has 2 aromatic rings. The van der Waals surface area contributed by atoms with Crippen LogP contribution in [0.4, 0.5) is 10.1 Å². The second kappa shape index (κ2) is 5.32. The maximum atomic E-state index is 13.0. The third kappa shape index (κ3) is 2.74. The summed E-state index contributed by atoms with van der Waals surface area (Å²) in [6.07, 6.45) is 0. The Morgan fingerprint density at radius 3 is 2.57 bits per heavy atom. The second-order valence-corrected chi connectivity index (χ2v) is 4.60. The van der Waals surface area contributed by atoms with Crippen molar-refractivity contribution in [1.29, 1.82) is 0 Å². The molecular formula is C15H13FN2O3. The molecule has 21 heavy (non-hydrogen) atoms. The summed E-state index contributed by atoms with van der Waals surface area (Å²) in [7, 11) is 0. The number of hydrogen-bond donors (Lipinski definition) is 2. The van der Waals surface area contributed by atoms with Gasteiger partial charge in [0.25, 0.3) is 0 Å². The minimum absolute atomic E-state index is 0.177. The van der Waals surface area contributed by atoms with Gasteiger partial charge >= 0.3 is 0 Å². The molecule has 0 aromatic heterocycles. The van der Waals surface area contributed by atoms with Crippen molar-refractivity contribution in [2.24, 2.45) is 5.73 Å². The van der Waals surface area contributed by atoms with Crippen molar-refractivity contribution in [3.05, 3.63) is 53.8 Å². The summed E-state index contributed by atoms with van der Waals surface area (Å²) in [5.41, 5.74) is 6.66. The Bertz CT molecular complexity index is 673. The Balaban J connectivity index is 1.85. The standard InChI is InChI=1S/C15H13FN2O3/c16-10-3-1-9(2-4-10)14(15(17)19)18-11-5-6-12-13(7-11)21-8-20-12/h1-7,14,18H,8H2,(H2,17,19). The van der Waals surface area contributed by atoms with Crippen LogP contribution in [0.1, 0.15) is 11.6 Å². The molecule has 1 aliphatic heterocycles. The van der Waals surface area contributed by atoms with Crippen LogP contribution in [0.3, 0.4) is 0 Å². The van der Waals surface area contributed by atoms with Crippen molar-refractivity contribution < 1.29 is 18.7 Å². The van der Waals surface area contributed by atoms with E-state index in [4.69, 9.17) is 15.2 Å². The summed E-state index contributed by atoms with van der Waals surface area (Å²) >= 11 is 0. The van der Waals surface area contributed by atoms with E-state index >= 15 is 0 Å². The molecule has 1 aliphatic rings. The van der Waals surface area contributed by atoms with E-state index in [1.54, 1.807) is 18.2 Å². The minimum Gasteiger partial charge on any atom is -0.454 e. The van der Waals surface area contributed by atoms with Gasteiger partial charge in [0.2, 0.25) is 12.7 Å². The van der Waals surface area contributed by atoms with Gasteiger partial charge in [-0.2, -0.15) is 0 Å². The van der Waals surface area contributed by atoms with Crippen LogP contribution in [0.5, 0.6) is 11.5 Å². The molecule has 1 heterocycles. The molecule has 1 amide bonds. The molecule has 6 heteroatoms. The first-order valence-corrected chi connectivity index (χ1v) is 6.34. The van der Waals surface area contributed by atoms with Crippen molar-refractivity contribution in [3.8, 4) is 11.5 Å². The van der Waals surface area contributed by atoms with E-state index in [0.717, 1.165) is 0 Å². The molecule has 1 atom stereocenters. The van der Waals surface area contributed by atoms with E-state index in [0.29, 0.717) is 22.7 Å². The predicted molar refractivity (Wildman–Crippen MR) is 74.5 cm³/mol. The van der Waals surface area contributed by atoms with Crippen LogP contribution in [-0.4, -0.2) is 12.7 Å². The van der Waals surface area contributed by atoms with Crippen molar-refractivity contribution in [2.45, 2.75) is 6.04 Å². The van der Waals surface area contributed by atoms with Gasteiger partial charge in [0.15, 0.2) is 11.5 Å². The van der Waals surface area contributed by atoms with Crippen molar-refractivity contribution in [3.63, 3.8) is 0 Å². The van der Waals surface area contributed by atoms with E-state index < -0.39 is 11.9 Å². The highest BCUT2D eigenvalue weighted by Crippen LogP contribution is 2.35. The van der Waals surface area contributed by atoms with Gasteiger partial charge in [0.05, 0.1) is 0 Å². The smallest absolute Gasteiger partial charge is 0.244 e. The first-order valence-electron chi connectivity index (χ1n) is 6.34. The van der Waals surface area contributed by atoms with E-state index in [-0.39, 0.29) is 12.6 Å². The Morgan fingerprint density at radius 1 is 1.14 bits per heavy atom. The SMILES string of the molecule is NC(=O)C(Nc1ccc2c(c1)OCO2)c1ccc(F)cc1. The topological polar surface area (TPSA) is 73.6 Å². The van der Waals surface area contributed by atoms with Gasteiger partial charge in [0.1, 0.15) is 11.9 Å². The maximum Gasteiger partial charge on any atom is 0.244 e. The molecule has 1 unspecified atom stereocenters. The van der Waals surface area contributed by atoms with Crippen LogP contribution in [0.25, 0.3) is 0 Å². The quantitative estimate of drug-likeness (QED) is 0.904. The molecule has 3 N–H and O–H groups in total. The highest BCUT2D eigenvalue weighted by Gasteiger charge is 2.19.